The standard InChI is InChI=1S/C14H22N2O3/c1-2-16(8-11-4-3-5-15-7-11)9-12-6-13(17)14(18)10-19-12/h6,10-11,15,18H,2-5,7-9H2,1H3. The van der Waals surface area contributed by atoms with E-state index in [0.717, 1.165) is 32.4 Å². The van der Waals surface area contributed by atoms with Crippen LogP contribution in [0.4, 0.5) is 0 Å². The van der Waals surface area contributed by atoms with Crippen molar-refractivity contribution in [1.82, 2.24) is 10.2 Å². The van der Waals surface area contributed by atoms with Crippen LogP contribution in [0.2, 0.25) is 0 Å². The highest BCUT2D eigenvalue weighted by atomic mass is 16.4. The lowest BCUT2D eigenvalue weighted by molar-refractivity contribution is 0.195. The Labute approximate surface area is 113 Å². The highest BCUT2D eigenvalue weighted by Gasteiger charge is 2.17. The lowest BCUT2D eigenvalue weighted by Gasteiger charge is -2.29. The molecule has 0 amide bonds. The molecule has 106 valence electrons. The van der Waals surface area contributed by atoms with E-state index in [0.29, 0.717) is 18.2 Å². The van der Waals surface area contributed by atoms with Crippen LogP contribution < -0.4 is 10.7 Å². The predicted molar refractivity (Wildman–Crippen MR) is 73.2 cm³/mol. The molecule has 2 N–H and O–H groups in total. The molecule has 0 radical (unpaired) electrons. The lowest BCUT2D eigenvalue weighted by Crippen LogP contribution is -2.38. The van der Waals surface area contributed by atoms with Gasteiger partial charge in [-0.25, -0.2) is 0 Å². The molecule has 1 saturated heterocycles. The predicted octanol–water partition coefficient (Wildman–Crippen LogP) is 1.17. The fourth-order valence-electron chi connectivity index (χ4n) is 2.50. The zero-order valence-electron chi connectivity index (χ0n) is 11.4. The van der Waals surface area contributed by atoms with E-state index in [1.54, 1.807) is 0 Å². The largest absolute Gasteiger partial charge is 0.502 e. The molecule has 1 aromatic heterocycles. The molecule has 0 aromatic carbocycles. The van der Waals surface area contributed by atoms with Gasteiger partial charge in [-0.2, -0.15) is 0 Å². The van der Waals surface area contributed by atoms with E-state index in [-0.39, 0.29) is 11.2 Å². The van der Waals surface area contributed by atoms with E-state index in [9.17, 15) is 4.79 Å². The molecule has 0 aliphatic carbocycles. The number of hydrogen-bond acceptors (Lipinski definition) is 5. The normalized spacial score (nSPS) is 19.8. The summed E-state index contributed by atoms with van der Waals surface area (Å²) in [6, 6.07) is 1.37. The summed E-state index contributed by atoms with van der Waals surface area (Å²) in [5.74, 6) is 0.939. The maximum atomic E-state index is 11.4. The van der Waals surface area contributed by atoms with Gasteiger partial charge in [0.15, 0.2) is 5.75 Å². The van der Waals surface area contributed by atoms with Gasteiger partial charge in [0.1, 0.15) is 12.0 Å². The van der Waals surface area contributed by atoms with Gasteiger partial charge >= 0.3 is 0 Å². The number of rotatable bonds is 5. The van der Waals surface area contributed by atoms with Gasteiger partial charge in [0.2, 0.25) is 5.43 Å². The minimum atomic E-state index is -0.378. The number of nitrogens with zero attached hydrogens (tertiary/aromatic N) is 1. The van der Waals surface area contributed by atoms with Crippen LogP contribution in [-0.4, -0.2) is 36.2 Å². The number of hydrogen-bond donors (Lipinski definition) is 2. The molecular formula is C14H22N2O3. The van der Waals surface area contributed by atoms with Crippen molar-refractivity contribution in [2.45, 2.75) is 26.3 Å². The Kier molecular flexibility index (Phi) is 4.99. The first-order valence-corrected chi connectivity index (χ1v) is 6.92. The van der Waals surface area contributed by atoms with Crippen molar-refractivity contribution in [1.29, 1.82) is 0 Å². The third-order valence-corrected chi connectivity index (χ3v) is 3.61. The fourth-order valence-corrected chi connectivity index (χ4v) is 2.50. The molecule has 0 bridgehead atoms. The average Bonchev–Trinajstić information content (AvgIpc) is 2.43. The molecular weight excluding hydrogens is 244 g/mol. The highest BCUT2D eigenvalue weighted by Crippen LogP contribution is 2.14. The van der Waals surface area contributed by atoms with Gasteiger partial charge < -0.3 is 14.8 Å². The highest BCUT2D eigenvalue weighted by molar-refractivity contribution is 5.15. The Morgan fingerprint density at radius 3 is 3.05 bits per heavy atom. The minimum absolute atomic E-state index is 0.330. The van der Waals surface area contributed by atoms with Crippen LogP contribution in [0.5, 0.6) is 5.75 Å². The molecule has 1 fully saturated rings. The molecule has 1 aromatic rings. The third-order valence-electron chi connectivity index (χ3n) is 3.61. The third kappa shape index (κ3) is 4.08. The van der Waals surface area contributed by atoms with E-state index < -0.39 is 0 Å². The van der Waals surface area contributed by atoms with Crippen LogP contribution in [0.1, 0.15) is 25.5 Å². The molecule has 5 heteroatoms. The molecule has 1 aliphatic rings. The van der Waals surface area contributed by atoms with Crippen molar-refractivity contribution in [3.8, 4) is 5.75 Å². The van der Waals surface area contributed by atoms with Gasteiger partial charge in [-0.05, 0) is 38.4 Å². The van der Waals surface area contributed by atoms with Gasteiger partial charge in [0.05, 0.1) is 6.54 Å². The van der Waals surface area contributed by atoms with Crippen molar-refractivity contribution in [2.75, 3.05) is 26.2 Å². The Balaban J connectivity index is 1.93. The average molecular weight is 266 g/mol. The molecule has 0 spiro atoms. The summed E-state index contributed by atoms with van der Waals surface area (Å²) < 4.78 is 5.25. The van der Waals surface area contributed by atoms with E-state index in [1.807, 2.05) is 0 Å². The summed E-state index contributed by atoms with van der Waals surface area (Å²) in [5, 5.41) is 12.6. The summed E-state index contributed by atoms with van der Waals surface area (Å²) in [7, 11) is 0. The van der Waals surface area contributed by atoms with Gasteiger partial charge in [0, 0.05) is 12.6 Å². The Morgan fingerprint density at radius 1 is 1.58 bits per heavy atom. The number of piperidine rings is 1. The number of aromatic hydroxyl groups is 1. The fraction of sp³-hybridized carbons (Fsp3) is 0.643. The first-order chi connectivity index (χ1) is 9.19. The van der Waals surface area contributed by atoms with E-state index in [2.05, 4.69) is 17.1 Å². The SMILES string of the molecule is CCN(Cc1cc(=O)c(O)co1)CC1CCCNC1. The van der Waals surface area contributed by atoms with Crippen molar-refractivity contribution in [3.05, 3.63) is 28.3 Å². The second-order valence-electron chi connectivity index (χ2n) is 5.14. The summed E-state index contributed by atoms with van der Waals surface area (Å²) in [6.07, 6.45) is 3.60. The summed E-state index contributed by atoms with van der Waals surface area (Å²) in [5.41, 5.74) is -0.378. The Hall–Kier alpha value is -1.33. The zero-order chi connectivity index (χ0) is 13.7. The Morgan fingerprint density at radius 2 is 2.42 bits per heavy atom. The van der Waals surface area contributed by atoms with E-state index >= 15 is 0 Å². The molecule has 1 unspecified atom stereocenters. The monoisotopic (exact) mass is 266 g/mol. The van der Waals surface area contributed by atoms with Gasteiger partial charge in [0.25, 0.3) is 0 Å². The second kappa shape index (κ2) is 6.73. The molecule has 2 rings (SSSR count). The first kappa shape index (κ1) is 14.1. The lowest BCUT2D eigenvalue weighted by atomic mass is 9.99. The summed E-state index contributed by atoms with van der Waals surface area (Å²) in [6.45, 7) is 6.83. The molecule has 2 heterocycles. The molecule has 19 heavy (non-hydrogen) atoms. The second-order valence-corrected chi connectivity index (χ2v) is 5.14. The smallest absolute Gasteiger partial charge is 0.226 e. The minimum Gasteiger partial charge on any atom is -0.502 e. The molecule has 5 nitrogen and oxygen atoms in total. The zero-order valence-corrected chi connectivity index (χ0v) is 11.4. The molecule has 1 aliphatic heterocycles. The Bertz CT molecular complexity index is 452. The molecule has 1 atom stereocenters. The quantitative estimate of drug-likeness (QED) is 0.837. The van der Waals surface area contributed by atoms with Crippen LogP contribution in [0.3, 0.4) is 0 Å². The summed E-state index contributed by atoms with van der Waals surface area (Å²) >= 11 is 0. The maximum Gasteiger partial charge on any atom is 0.226 e. The molecule has 0 saturated carbocycles. The van der Waals surface area contributed by atoms with Crippen molar-refractivity contribution < 1.29 is 9.52 Å². The van der Waals surface area contributed by atoms with Crippen LogP contribution >= 0.6 is 0 Å². The van der Waals surface area contributed by atoms with Crippen LogP contribution in [-0.2, 0) is 6.54 Å². The topological polar surface area (TPSA) is 65.7 Å². The van der Waals surface area contributed by atoms with Gasteiger partial charge in [-0.15, -0.1) is 0 Å². The van der Waals surface area contributed by atoms with Gasteiger partial charge in [-0.3, -0.25) is 9.69 Å². The van der Waals surface area contributed by atoms with Crippen molar-refractivity contribution in [2.24, 2.45) is 5.92 Å². The van der Waals surface area contributed by atoms with Gasteiger partial charge in [-0.1, -0.05) is 6.92 Å². The van der Waals surface area contributed by atoms with E-state index in [4.69, 9.17) is 9.52 Å². The summed E-state index contributed by atoms with van der Waals surface area (Å²) in [4.78, 5) is 13.6. The van der Waals surface area contributed by atoms with Crippen molar-refractivity contribution >= 4 is 0 Å². The van der Waals surface area contributed by atoms with Crippen LogP contribution in [0, 0.1) is 5.92 Å². The maximum absolute atomic E-state index is 11.4. The van der Waals surface area contributed by atoms with E-state index in [1.165, 1.54) is 18.9 Å². The van der Waals surface area contributed by atoms with Crippen LogP contribution in [0.25, 0.3) is 0 Å². The van der Waals surface area contributed by atoms with Crippen LogP contribution in [0.15, 0.2) is 21.5 Å². The first-order valence-electron chi connectivity index (χ1n) is 6.92. The van der Waals surface area contributed by atoms with Crippen molar-refractivity contribution in [3.63, 3.8) is 0 Å². The number of nitrogens with one attached hydrogen (secondary N) is 1.